The van der Waals surface area contributed by atoms with Crippen molar-refractivity contribution >= 4 is 44.4 Å². The molecule has 0 saturated heterocycles. The first-order valence-corrected chi connectivity index (χ1v) is 9.80. The second kappa shape index (κ2) is 8.14. The average molecular weight is 429 g/mol. The summed E-state index contributed by atoms with van der Waals surface area (Å²) >= 11 is 3.48. The van der Waals surface area contributed by atoms with E-state index in [0.29, 0.717) is 34.9 Å². The molecule has 1 aliphatic rings. The second-order valence-electron chi connectivity index (χ2n) is 6.64. The van der Waals surface area contributed by atoms with Crippen LogP contribution < -0.4 is 10.6 Å². The molecule has 1 saturated carbocycles. The van der Waals surface area contributed by atoms with Crippen molar-refractivity contribution in [3.8, 4) is 0 Å². The van der Waals surface area contributed by atoms with E-state index in [1.807, 2.05) is 24.3 Å². The van der Waals surface area contributed by atoms with E-state index >= 15 is 0 Å². The lowest BCUT2D eigenvalue weighted by Crippen LogP contribution is -2.29. The smallest absolute Gasteiger partial charge is 0.223 e. The van der Waals surface area contributed by atoms with Gasteiger partial charge in [-0.3, -0.25) is 0 Å². The molecule has 0 aliphatic heterocycles. The Hall–Kier alpha value is -2.32. The fourth-order valence-electron chi connectivity index (χ4n) is 3.34. The van der Waals surface area contributed by atoms with Gasteiger partial charge in [-0.15, -0.1) is 0 Å². The summed E-state index contributed by atoms with van der Waals surface area (Å²) in [7, 11) is 1.78. The molecule has 2 heterocycles. The predicted molar refractivity (Wildman–Crippen MR) is 109 cm³/mol. The summed E-state index contributed by atoms with van der Waals surface area (Å²) in [5.41, 5.74) is 2.33. The minimum Gasteiger partial charge on any atom is -0.381 e. The van der Waals surface area contributed by atoms with Gasteiger partial charge in [0.1, 0.15) is 17.4 Å². The highest BCUT2D eigenvalue weighted by atomic mass is 79.9. The number of anilines is 3. The molecule has 0 bridgehead atoms. The number of methoxy groups -OCH3 is 1. The van der Waals surface area contributed by atoms with Crippen molar-refractivity contribution in [3.05, 3.63) is 41.3 Å². The first kappa shape index (κ1) is 18.1. The maximum Gasteiger partial charge on any atom is 0.223 e. The molecule has 27 heavy (non-hydrogen) atoms. The van der Waals surface area contributed by atoms with Crippen LogP contribution in [0.5, 0.6) is 0 Å². The van der Waals surface area contributed by atoms with Crippen molar-refractivity contribution in [1.82, 2.24) is 19.9 Å². The number of benzene rings is 1. The Morgan fingerprint density at radius 1 is 1.11 bits per heavy atom. The topological polar surface area (TPSA) is 84.8 Å². The molecule has 0 radical (unpaired) electrons. The highest BCUT2D eigenvalue weighted by Crippen LogP contribution is 2.26. The summed E-state index contributed by atoms with van der Waals surface area (Å²) in [6, 6.07) is 8.27. The molecule has 0 atom stereocenters. The zero-order chi connectivity index (χ0) is 18.6. The van der Waals surface area contributed by atoms with Crippen LogP contribution in [0.25, 0.3) is 11.0 Å². The third-order valence-electron chi connectivity index (χ3n) is 4.81. The Labute approximate surface area is 166 Å². The fourth-order valence-corrected chi connectivity index (χ4v) is 3.74. The lowest BCUT2D eigenvalue weighted by Gasteiger charge is -2.28. The summed E-state index contributed by atoms with van der Waals surface area (Å²) in [4.78, 5) is 17.7. The van der Waals surface area contributed by atoms with Crippen LogP contribution in [-0.4, -0.2) is 39.2 Å². The molecule has 4 rings (SSSR count). The van der Waals surface area contributed by atoms with Crippen molar-refractivity contribution in [2.45, 2.75) is 37.8 Å². The summed E-state index contributed by atoms with van der Waals surface area (Å²) < 4.78 is 6.44. The fraction of sp³-hybridized carbons (Fsp3) is 0.368. The second-order valence-corrected chi connectivity index (χ2v) is 7.55. The molecule has 8 heteroatoms. The SMILES string of the molecule is COC1CCC(Nc2ncc3ncnc(Nc4cccc(Br)c4)c3n2)CC1. The number of nitrogens with zero attached hydrogens (tertiary/aromatic N) is 4. The van der Waals surface area contributed by atoms with Crippen molar-refractivity contribution in [2.24, 2.45) is 0 Å². The summed E-state index contributed by atoms with van der Waals surface area (Å²) in [5.74, 6) is 1.27. The first-order valence-electron chi connectivity index (χ1n) is 9.01. The maximum absolute atomic E-state index is 5.44. The van der Waals surface area contributed by atoms with Crippen molar-refractivity contribution in [1.29, 1.82) is 0 Å². The molecule has 1 fully saturated rings. The van der Waals surface area contributed by atoms with E-state index in [2.05, 4.69) is 46.5 Å². The zero-order valence-corrected chi connectivity index (χ0v) is 16.6. The van der Waals surface area contributed by atoms with Gasteiger partial charge in [0.25, 0.3) is 0 Å². The number of rotatable bonds is 5. The minimum absolute atomic E-state index is 0.361. The highest BCUT2D eigenvalue weighted by molar-refractivity contribution is 9.10. The Bertz CT molecular complexity index is 929. The van der Waals surface area contributed by atoms with Crippen molar-refractivity contribution < 1.29 is 4.74 Å². The van der Waals surface area contributed by atoms with E-state index in [1.54, 1.807) is 13.3 Å². The number of ether oxygens (including phenoxy) is 1. The van der Waals surface area contributed by atoms with Crippen LogP contribution in [0.1, 0.15) is 25.7 Å². The van der Waals surface area contributed by atoms with Gasteiger partial charge in [0.2, 0.25) is 5.95 Å². The lowest BCUT2D eigenvalue weighted by atomic mass is 9.93. The van der Waals surface area contributed by atoms with Crippen LogP contribution in [-0.2, 0) is 4.74 Å². The van der Waals surface area contributed by atoms with E-state index in [1.165, 1.54) is 6.33 Å². The molecular formula is C19H21BrN6O. The minimum atomic E-state index is 0.361. The molecule has 2 aromatic heterocycles. The Morgan fingerprint density at radius 3 is 2.74 bits per heavy atom. The molecule has 1 aliphatic carbocycles. The maximum atomic E-state index is 5.44. The van der Waals surface area contributed by atoms with Crippen molar-refractivity contribution in [2.75, 3.05) is 17.7 Å². The van der Waals surface area contributed by atoms with E-state index < -0.39 is 0 Å². The van der Waals surface area contributed by atoms with Crippen LogP contribution in [0.2, 0.25) is 0 Å². The highest BCUT2D eigenvalue weighted by Gasteiger charge is 2.21. The van der Waals surface area contributed by atoms with Gasteiger partial charge in [-0.1, -0.05) is 22.0 Å². The molecule has 0 spiro atoms. The lowest BCUT2D eigenvalue weighted by molar-refractivity contribution is 0.0681. The monoisotopic (exact) mass is 428 g/mol. The summed E-state index contributed by atoms with van der Waals surface area (Å²) in [5, 5.41) is 6.77. The van der Waals surface area contributed by atoms with Gasteiger partial charge in [0, 0.05) is 23.3 Å². The number of hydrogen-bond acceptors (Lipinski definition) is 7. The van der Waals surface area contributed by atoms with E-state index in [0.717, 1.165) is 35.8 Å². The normalized spacial score (nSPS) is 19.8. The Morgan fingerprint density at radius 2 is 1.96 bits per heavy atom. The number of hydrogen-bond donors (Lipinski definition) is 2. The van der Waals surface area contributed by atoms with Crippen molar-refractivity contribution in [3.63, 3.8) is 0 Å². The number of nitrogens with one attached hydrogen (secondary N) is 2. The predicted octanol–water partition coefficient (Wildman–Crippen LogP) is 4.30. The molecule has 0 amide bonds. The van der Waals surface area contributed by atoms with Gasteiger partial charge in [0.05, 0.1) is 12.3 Å². The van der Waals surface area contributed by atoms with Gasteiger partial charge in [0.15, 0.2) is 5.82 Å². The first-order chi connectivity index (χ1) is 13.2. The van der Waals surface area contributed by atoms with Crippen LogP contribution in [0.4, 0.5) is 17.5 Å². The van der Waals surface area contributed by atoms with Gasteiger partial charge in [-0.25, -0.2) is 19.9 Å². The zero-order valence-electron chi connectivity index (χ0n) is 15.0. The number of halogens is 1. The Kier molecular flexibility index (Phi) is 5.45. The quantitative estimate of drug-likeness (QED) is 0.626. The summed E-state index contributed by atoms with van der Waals surface area (Å²) in [6.45, 7) is 0. The van der Waals surface area contributed by atoms with Crippen LogP contribution in [0.15, 0.2) is 41.3 Å². The summed E-state index contributed by atoms with van der Waals surface area (Å²) in [6.07, 6.45) is 7.84. The third-order valence-corrected chi connectivity index (χ3v) is 5.30. The number of fused-ring (bicyclic) bond motifs is 1. The van der Waals surface area contributed by atoms with Gasteiger partial charge < -0.3 is 15.4 Å². The Balaban J connectivity index is 1.56. The molecule has 3 aromatic rings. The van der Waals surface area contributed by atoms with Gasteiger partial charge in [-0.2, -0.15) is 0 Å². The molecule has 1 aromatic carbocycles. The molecule has 2 N–H and O–H groups in total. The molecular weight excluding hydrogens is 408 g/mol. The third kappa shape index (κ3) is 4.33. The van der Waals surface area contributed by atoms with Crippen LogP contribution in [0.3, 0.4) is 0 Å². The molecule has 140 valence electrons. The van der Waals surface area contributed by atoms with E-state index in [9.17, 15) is 0 Å². The molecule has 7 nitrogen and oxygen atoms in total. The standard InChI is InChI=1S/C19H21BrN6O/c1-27-15-7-5-13(6-8-15)25-19-21-10-16-17(26-19)18(23-11-22-16)24-14-4-2-3-12(20)9-14/h2-4,9-11,13,15H,5-8H2,1H3,(H,21,25,26)(H,22,23,24). The number of aromatic nitrogens is 4. The largest absolute Gasteiger partial charge is 0.381 e. The average Bonchev–Trinajstić information content (AvgIpc) is 2.69. The van der Waals surface area contributed by atoms with Gasteiger partial charge >= 0.3 is 0 Å². The molecule has 0 unspecified atom stereocenters. The van der Waals surface area contributed by atoms with Crippen LogP contribution in [0, 0.1) is 0 Å². The van der Waals surface area contributed by atoms with E-state index in [4.69, 9.17) is 4.74 Å². The van der Waals surface area contributed by atoms with Gasteiger partial charge in [-0.05, 0) is 43.9 Å². The van der Waals surface area contributed by atoms with Crippen LogP contribution >= 0.6 is 15.9 Å². The van der Waals surface area contributed by atoms with E-state index in [-0.39, 0.29) is 0 Å².